The number of hydrogen-bond donors (Lipinski definition) is 0. The first-order valence-corrected chi connectivity index (χ1v) is 10.3. The van der Waals surface area contributed by atoms with Crippen LogP contribution in [0.2, 0.25) is 18.1 Å². The van der Waals surface area contributed by atoms with Crippen LogP contribution in [0.4, 0.5) is 0 Å². The Bertz CT molecular complexity index is 481. The third-order valence-electron chi connectivity index (χ3n) is 3.86. The molecular weight excluding hydrogens is 316 g/mol. The van der Waals surface area contributed by atoms with E-state index in [1.165, 1.54) is 5.56 Å². The van der Waals surface area contributed by atoms with E-state index in [1.54, 1.807) is 0 Å². The van der Waals surface area contributed by atoms with Crippen LogP contribution in [0.3, 0.4) is 0 Å². The van der Waals surface area contributed by atoms with Crippen LogP contribution in [-0.4, -0.2) is 14.9 Å². The number of benzene rings is 1. The van der Waals surface area contributed by atoms with Crippen molar-refractivity contribution in [3.63, 3.8) is 0 Å². The summed E-state index contributed by atoms with van der Waals surface area (Å²) in [7, 11) is -1.66. The molecule has 1 aromatic rings. The van der Waals surface area contributed by atoms with Crippen molar-refractivity contribution in [2.45, 2.75) is 45.3 Å². The predicted octanol–water partition coefficient (Wildman–Crippen LogP) is 4.99. The summed E-state index contributed by atoms with van der Waals surface area (Å²) >= 11 is 3.49. The van der Waals surface area contributed by atoms with Crippen molar-refractivity contribution in [3.8, 4) is 12.3 Å². The topological polar surface area (TPSA) is 9.23 Å². The van der Waals surface area contributed by atoms with E-state index in [0.717, 1.165) is 23.1 Å². The lowest BCUT2D eigenvalue weighted by molar-refractivity contribution is 0.292. The van der Waals surface area contributed by atoms with E-state index >= 15 is 0 Å². The van der Waals surface area contributed by atoms with Crippen LogP contribution in [0.25, 0.3) is 0 Å². The van der Waals surface area contributed by atoms with Gasteiger partial charge < -0.3 is 4.43 Å². The highest BCUT2D eigenvalue weighted by atomic mass is 79.9. The Hall–Kier alpha value is -0.563. The SMILES string of the molecule is C#Cc1ccc(Br)cc1CCO[Si](C)(C)C(C)(C)C. The molecule has 0 amide bonds. The fourth-order valence-electron chi connectivity index (χ4n) is 1.54. The lowest BCUT2D eigenvalue weighted by atomic mass is 10.1. The number of hydrogen-bond acceptors (Lipinski definition) is 1. The Morgan fingerprint density at radius 2 is 1.95 bits per heavy atom. The summed E-state index contributed by atoms with van der Waals surface area (Å²) in [4.78, 5) is 0. The third kappa shape index (κ3) is 4.49. The van der Waals surface area contributed by atoms with Gasteiger partial charge >= 0.3 is 0 Å². The zero-order chi connectivity index (χ0) is 14.7. The highest BCUT2D eigenvalue weighted by Gasteiger charge is 2.36. The average Bonchev–Trinajstić information content (AvgIpc) is 2.27. The van der Waals surface area contributed by atoms with Crippen molar-refractivity contribution in [3.05, 3.63) is 33.8 Å². The molecule has 104 valence electrons. The Labute approximate surface area is 127 Å². The molecule has 0 unspecified atom stereocenters. The van der Waals surface area contributed by atoms with Gasteiger partial charge in [-0.05, 0) is 48.3 Å². The molecular formula is C16H23BrOSi. The molecule has 0 bridgehead atoms. The second-order valence-corrected chi connectivity index (χ2v) is 12.0. The molecule has 0 spiro atoms. The third-order valence-corrected chi connectivity index (χ3v) is 8.89. The number of terminal acetylenes is 1. The Balaban J connectivity index is 2.69. The Morgan fingerprint density at radius 1 is 1.32 bits per heavy atom. The van der Waals surface area contributed by atoms with E-state index in [9.17, 15) is 0 Å². The molecule has 19 heavy (non-hydrogen) atoms. The predicted molar refractivity (Wildman–Crippen MR) is 88.9 cm³/mol. The average molecular weight is 339 g/mol. The van der Waals surface area contributed by atoms with Gasteiger partial charge in [0.05, 0.1) is 0 Å². The molecule has 0 atom stereocenters. The van der Waals surface area contributed by atoms with Crippen LogP contribution in [0, 0.1) is 12.3 Å². The summed E-state index contributed by atoms with van der Waals surface area (Å²) in [6.07, 6.45) is 6.40. The minimum atomic E-state index is -1.66. The van der Waals surface area contributed by atoms with Crippen LogP contribution in [0.5, 0.6) is 0 Å². The van der Waals surface area contributed by atoms with Gasteiger partial charge in [0.15, 0.2) is 8.32 Å². The van der Waals surface area contributed by atoms with Gasteiger partial charge in [0.25, 0.3) is 0 Å². The molecule has 0 aliphatic heterocycles. The second-order valence-electron chi connectivity index (χ2n) is 6.30. The largest absolute Gasteiger partial charge is 0.416 e. The summed E-state index contributed by atoms with van der Waals surface area (Å²) < 4.78 is 7.26. The molecule has 1 nitrogen and oxygen atoms in total. The van der Waals surface area contributed by atoms with Gasteiger partial charge in [-0.2, -0.15) is 0 Å². The van der Waals surface area contributed by atoms with Crippen LogP contribution in [0.1, 0.15) is 31.9 Å². The molecule has 0 aromatic heterocycles. The first-order valence-electron chi connectivity index (χ1n) is 6.56. The Kier molecular flexibility index (Phi) is 5.43. The zero-order valence-electron chi connectivity index (χ0n) is 12.5. The second kappa shape index (κ2) is 6.26. The molecule has 0 saturated heterocycles. The van der Waals surface area contributed by atoms with Crippen molar-refractivity contribution in [2.24, 2.45) is 0 Å². The highest BCUT2D eigenvalue weighted by Crippen LogP contribution is 2.36. The lowest BCUT2D eigenvalue weighted by Gasteiger charge is -2.36. The quantitative estimate of drug-likeness (QED) is 0.554. The summed E-state index contributed by atoms with van der Waals surface area (Å²) in [6, 6.07) is 6.04. The maximum absolute atomic E-state index is 6.19. The molecule has 0 heterocycles. The van der Waals surface area contributed by atoms with Gasteiger partial charge in [0.1, 0.15) is 0 Å². The molecule has 0 aliphatic rings. The van der Waals surface area contributed by atoms with Crippen molar-refractivity contribution >= 4 is 24.2 Å². The van der Waals surface area contributed by atoms with Crippen molar-refractivity contribution in [1.82, 2.24) is 0 Å². The summed E-state index contributed by atoms with van der Waals surface area (Å²) in [5.74, 6) is 2.74. The maximum atomic E-state index is 6.19. The molecule has 3 heteroatoms. The minimum Gasteiger partial charge on any atom is -0.416 e. The van der Waals surface area contributed by atoms with Crippen molar-refractivity contribution < 1.29 is 4.43 Å². The molecule has 0 N–H and O–H groups in total. The smallest absolute Gasteiger partial charge is 0.191 e. The van der Waals surface area contributed by atoms with Gasteiger partial charge in [-0.3, -0.25) is 0 Å². The normalized spacial score (nSPS) is 12.3. The number of rotatable bonds is 4. The summed E-state index contributed by atoms with van der Waals surface area (Å²) in [6.45, 7) is 12.1. The van der Waals surface area contributed by atoms with E-state index in [2.05, 4.69) is 61.8 Å². The van der Waals surface area contributed by atoms with Crippen molar-refractivity contribution in [1.29, 1.82) is 0 Å². The van der Waals surface area contributed by atoms with E-state index < -0.39 is 8.32 Å². The van der Waals surface area contributed by atoms with E-state index in [1.807, 2.05) is 12.1 Å². The van der Waals surface area contributed by atoms with Crippen LogP contribution in [-0.2, 0) is 10.8 Å². The zero-order valence-corrected chi connectivity index (χ0v) is 15.1. The fraction of sp³-hybridized carbons (Fsp3) is 0.500. The first kappa shape index (κ1) is 16.5. The molecule has 0 aliphatic carbocycles. The minimum absolute atomic E-state index is 0.249. The van der Waals surface area contributed by atoms with Gasteiger partial charge in [-0.1, -0.05) is 42.6 Å². The highest BCUT2D eigenvalue weighted by molar-refractivity contribution is 9.10. The van der Waals surface area contributed by atoms with E-state index in [0.29, 0.717) is 0 Å². The van der Waals surface area contributed by atoms with Gasteiger partial charge in [-0.25, -0.2) is 0 Å². The standard InChI is InChI=1S/C16H23BrOSi/c1-7-13-8-9-15(17)12-14(13)10-11-18-19(5,6)16(2,3)4/h1,8-9,12H,10-11H2,2-6H3. The molecule has 0 radical (unpaired) electrons. The molecule has 1 rings (SSSR count). The van der Waals surface area contributed by atoms with Crippen LogP contribution >= 0.6 is 15.9 Å². The van der Waals surface area contributed by atoms with Crippen molar-refractivity contribution in [2.75, 3.05) is 6.61 Å². The number of halogens is 1. The molecule has 0 saturated carbocycles. The Morgan fingerprint density at radius 3 is 2.47 bits per heavy atom. The monoisotopic (exact) mass is 338 g/mol. The van der Waals surface area contributed by atoms with E-state index in [4.69, 9.17) is 10.8 Å². The fourth-order valence-corrected chi connectivity index (χ4v) is 3.00. The lowest BCUT2D eigenvalue weighted by Crippen LogP contribution is -2.41. The van der Waals surface area contributed by atoms with Gasteiger partial charge in [0, 0.05) is 16.6 Å². The van der Waals surface area contributed by atoms with Crippen LogP contribution in [0.15, 0.2) is 22.7 Å². The van der Waals surface area contributed by atoms with E-state index in [-0.39, 0.29) is 5.04 Å². The summed E-state index contributed by atoms with van der Waals surface area (Å²) in [5, 5.41) is 0.249. The van der Waals surface area contributed by atoms with Gasteiger partial charge in [-0.15, -0.1) is 6.42 Å². The molecule has 1 aromatic carbocycles. The molecule has 0 fully saturated rings. The first-order chi connectivity index (χ1) is 8.67. The maximum Gasteiger partial charge on any atom is 0.191 e. The summed E-state index contributed by atoms with van der Waals surface area (Å²) in [5.41, 5.74) is 2.14. The van der Waals surface area contributed by atoms with Gasteiger partial charge in [0.2, 0.25) is 0 Å². The van der Waals surface area contributed by atoms with Crippen LogP contribution < -0.4 is 0 Å².